The first-order chi connectivity index (χ1) is 14.4. The lowest BCUT2D eigenvalue weighted by molar-refractivity contribution is 0.0526. The van der Waals surface area contributed by atoms with E-state index in [0.29, 0.717) is 23.9 Å². The van der Waals surface area contributed by atoms with E-state index in [1.54, 1.807) is 17.0 Å². The largest absolute Gasteiger partial charge is 0.494 e. The molecule has 1 aromatic heterocycles. The smallest absolute Gasteiger partial charge is 0.254 e. The molecule has 0 fully saturated rings. The second-order valence-corrected chi connectivity index (χ2v) is 8.17. The van der Waals surface area contributed by atoms with Crippen molar-refractivity contribution in [3.8, 4) is 17.1 Å². The maximum atomic E-state index is 13.2. The van der Waals surface area contributed by atoms with Crippen LogP contribution in [0.3, 0.4) is 0 Å². The summed E-state index contributed by atoms with van der Waals surface area (Å²) in [7, 11) is 0. The van der Waals surface area contributed by atoms with E-state index in [0.717, 1.165) is 24.2 Å². The predicted molar refractivity (Wildman–Crippen MR) is 116 cm³/mol. The van der Waals surface area contributed by atoms with Gasteiger partial charge < -0.3 is 14.2 Å². The van der Waals surface area contributed by atoms with Gasteiger partial charge in [0.15, 0.2) is 0 Å². The number of hydrogen-bond donors (Lipinski definition) is 0. The molecule has 0 saturated carbocycles. The molecular weight excluding hydrogens is 378 g/mol. The molecule has 0 radical (unpaired) electrons. The number of carbonyl (C=O) groups excluding carboxylic acids is 1. The summed E-state index contributed by atoms with van der Waals surface area (Å²) in [5.41, 5.74) is 1.05. The molecule has 0 aliphatic rings. The van der Waals surface area contributed by atoms with E-state index >= 15 is 0 Å². The third-order valence-corrected chi connectivity index (χ3v) is 4.72. The highest BCUT2D eigenvalue weighted by Crippen LogP contribution is 2.23. The van der Waals surface area contributed by atoms with Crippen molar-refractivity contribution in [3.63, 3.8) is 0 Å². The number of ether oxygens (including phenoxy) is 1. The molecule has 3 rings (SSSR count). The topological polar surface area (TPSA) is 68.5 Å². The van der Waals surface area contributed by atoms with Crippen LogP contribution in [-0.2, 0) is 6.54 Å². The van der Waals surface area contributed by atoms with Gasteiger partial charge in [-0.15, -0.1) is 0 Å². The molecule has 3 aromatic rings. The van der Waals surface area contributed by atoms with Crippen molar-refractivity contribution in [1.29, 1.82) is 0 Å². The number of carbonyl (C=O) groups is 1. The van der Waals surface area contributed by atoms with Gasteiger partial charge in [0, 0.05) is 16.7 Å². The minimum atomic E-state index is -0.422. The summed E-state index contributed by atoms with van der Waals surface area (Å²) < 4.78 is 11.1. The molecule has 158 valence electrons. The van der Waals surface area contributed by atoms with Crippen LogP contribution >= 0.6 is 0 Å². The Hall–Kier alpha value is -3.15. The van der Waals surface area contributed by atoms with E-state index in [-0.39, 0.29) is 12.5 Å². The minimum Gasteiger partial charge on any atom is -0.494 e. The number of hydrogen-bond acceptors (Lipinski definition) is 5. The first kappa shape index (κ1) is 21.6. The molecule has 6 heteroatoms. The second kappa shape index (κ2) is 9.57. The molecule has 0 bridgehead atoms. The molecule has 0 saturated heterocycles. The van der Waals surface area contributed by atoms with Gasteiger partial charge in [-0.1, -0.05) is 48.8 Å². The lowest BCUT2D eigenvalue weighted by Crippen LogP contribution is -2.45. The predicted octanol–water partition coefficient (Wildman–Crippen LogP) is 5.36. The van der Waals surface area contributed by atoms with Crippen LogP contribution in [0.15, 0.2) is 59.1 Å². The molecule has 0 aliphatic heterocycles. The van der Waals surface area contributed by atoms with Crippen molar-refractivity contribution >= 4 is 5.91 Å². The summed E-state index contributed by atoms with van der Waals surface area (Å²) >= 11 is 0. The summed E-state index contributed by atoms with van der Waals surface area (Å²) in [4.78, 5) is 19.5. The van der Waals surface area contributed by atoms with Gasteiger partial charge in [0.05, 0.1) is 6.61 Å². The number of unbranched alkanes of at least 4 members (excludes halogenated alkanes) is 1. The Morgan fingerprint density at radius 2 is 1.77 bits per heavy atom. The Kier molecular flexibility index (Phi) is 6.87. The molecule has 0 N–H and O–H groups in total. The van der Waals surface area contributed by atoms with E-state index < -0.39 is 5.54 Å². The number of aromatic nitrogens is 2. The summed E-state index contributed by atoms with van der Waals surface area (Å²) in [6.07, 6.45) is 2.09. The maximum absolute atomic E-state index is 13.2. The van der Waals surface area contributed by atoms with Crippen LogP contribution in [0.5, 0.6) is 5.75 Å². The molecule has 0 atom stereocenters. The van der Waals surface area contributed by atoms with Crippen LogP contribution < -0.4 is 4.74 Å². The molecule has 30 heavy (non-hydrogen) atoms. The van der Waals surface area contributed by atoms with Gasteiger partial charge in [0.1, 0.15) is 12.3 Å². The molecule has 6 nitrogen and oxygen atoms in total. The lowest BCUT2D eigenvalue weighted by Gasteiger charge is -2.34. The van der Waals surface area contributed by atoms with E-state index in [9.17, 15) is 4.79 Å². The average molecular weight is 408 g/mol. The summed E-state index contributed by atoms with van der Waals surface area (Å²) in [6, 6.07) is 16.9. The van der Waals surface area contributed by atoms with Gasteiger partial charge in [-0.3, -0.25) is 4.79 Å². The van der Waals surface area contributed by atoms with E-state index in [2.05, 4.69) is 17.1 Å². The molecular formula is C24H29N3O3. The van der Waals surface area contributed by atoms with E-state index in [1.165, 1.54) is 0 Å². The molecule has 0 spiro atoms. The summed E-state index contributed by atoms with van der Waals surface area (Å²) in [6.45, 7) is 9.00. The van der Waals surface area contributed by atoms with Crippen LogP contribution in [0.2, 0.25) is 0 Å². The molecule has 0 aliphatic carbocycles. The molecule has 1 heterocycles. The van der Waals surface area contributed by atoms with Crippen molar-refractivity contribution < 1.29 is 14.1 Å². The Bertz CT molecular complexity index is 944. The quantitative estimate of drug-likeness (QED) is 0.470. The maximum Gasteiger partial charge on any atom is 0.254 e. The number of amides is 1. The van der Waals surface area contributed by atoms with Gasteiger partial charge in [-0.2, -0.15) is 4.98 Å². The minimum absolute atomic E-state index is 0.0953. The fourth-order valence-corrected chi connectivity index (χ4v) is 2.96. The van der Waals surface area contributed by atoms with Crippen LogP contribution in [0.4, 0.5) is 0 Å². The molecule has 0 unspecified atom stereocenters. The lowest BCUT2D eigenvalue weighted by atomic mass is 10.0. The monoisotopic (exact) mass is 407 g/mol. The fraction of sp³-hybridized carbons (Fsp3) is 0.375. The fourth-order valence-electron chi connectivity index (χ4n) is 2.96. The van der Waals surface area contributed by atoms with Gasteiger partial charge in [-0.05, 0) is 51.5 Å². The zero-order valence-electron chi connectivity index (χ0n) is 18.1. The highest BCUT2D eigenvalue weighted by atomic mass is 16.5. The van der Waals surface area contributed by atoms with E-state index in [4.69, 9.17) is 9.26 Å². The third kappa shape index (κ3) is 5.47. The van der Waals surface area contributed by atoms with Crippen molar-refractivity contribution in [2.45, 2.75) is 52.6 Å². The highest BCUT2D eigenvalue weighted by Gasteiger charge is 2.29. The Balaban J connectivity index is 1.75. The van der Waals surface area contributed by atoms with Gasteiger partial charge in [0.2, 0.25) is 11.7 Å². The Morgan fingerprint density at radius 1 is 1.07 bits per heavy atom. The van der Waals surface area contributed by atoms with E-state index in [1.807, 2.05) is 63.2 Å². The standard InChI is InChI=1S/C24H29N3O3/c1-5-6-16-29-20-14-12-19(13-15-20)23(28)27(24(2,3)4)17-21-25-22(26-30-21)18-10-8-7-9-11-18/h7-15H,5-6,16-17H2,1-4H3. The molecule has 2 aromatic carbocycles. The zero-order valence-corrected chi connectivity index (χ0v) is 18.1. The highest BCUT2D eigenvalue weighted by molar-refractivity contribution is 5.94. The van der Waals surface area contributed by atoms with Crippen molar-refractivity contribution in [2.75, 3.05) is 6.61 Å². The average Bonchev–Trinajstić information content (AvgIpc) is 3.21. The number of nitrogens with zero attached hydrogens (tertiary/aromatic N) is 3. The van der Waals surface area contributed by atoms with Gasteiger partial charge >= 0.3 is 0 Å². The Morgan fingerprint density at radius 3 is 2.40 bits per heavy atom. The number of benzene rings is 2. The van der Waals surface area contributed by atoms with Crippen LogP contribution in [0.1, 0.15) is 56.8 Å². The first-order valence-corrected chi connectivity index (χ1v) is 10.3. The summed E-state index contributed by atoms with van der Waals surface area (Å²) in [5.74, 6) is 1.59. The van der Waals surface area contributed by atoms with Crippen LogP contribution in [0, 0.1) is 0 Å². The second-order valence-electron chi connectivity index (χ2n) is 8.17. The zero-order chi connectivity index (χ0) is 21.6. The SMILES string of the molecule is CCCCOc1ccc(C(=O)N(Cc2nc(-c3ccccc3)no2)C(C)(C)C)cc1. The molecule has 1 amide bonds. The van der Waals surface area contributed by atoms with Gasteiger partial charge in [0.25, 0.3) is 5.91 Å². The normalized spacial score (nSPS) is 11.3. The third-order valence-electron chi connectivity index (χ3n) is 4.72. The first-order valence-electron chi connectivity index (χ1n) is 10.3. The summed E-state index contributed by atoms with van der Waals surface area (Å²) in [5, 5.41) is 4.06. The van der Waals surface area contributed by atoms with Crippen molar-refractivity contribution in [3.05, 3.63) is 66.1 Å². The van der Waals surface area contributed by atoms with Crippen molar-refractivity contribution in [1.82, 2.24) is 15.0 Å². The Labute approximate surface area is 177 Å². The van der Waals surface area contributed by atoms with Crippen molar-refractivity contribution in [2.24, 2.45) is 0 Å². The van der Waals surface area contributed by atoms with Crippen LogP contribution in [-0.4, -0.2) is 33.1 Å². The van der Waals surface area contributed by atoms with Crippen LogP contribution in [0.25, 0.3) is 11.4 Å². The number of rotatable bonds is 8. The van der Waals surface area contributed by atoms with Gasteiger partial charge in [-0.25, -0.2) is 0 Å².